The summed E-state index contributed by atoms with van der Waals surface area (Å²) >= 11 is 5.89. The van der Waals surface area contributed by atoms with E-state index in [9.17, 15) is 9.59 Å². The van der Waals surface area contributed by atoms with Crippen molar-refractivity contribution in [1.82, 2.24) is 5.32 Å². The van der Waals surface area contributed by atoms with E-state index in [1.807, 2.05) is 20.8 Å². The number of ether oxygens (including phenoxy) is 1. The minimum absolute atomic E-state index is 0.0518. The number of carboxylic acids is 1. The van der Waals surface area contributed by atoms with Crippen LogP contribution in [0.15, 0.2) is 18.2 Å². The Morgan fingerprint density at radius 2 is 2.00 bits per heavy atom. The van der Waals surface area contributed by atoms with E-state index in [0.717, 1.165) is 0 Å². The number of benzene rings is 1. The molecule has 0 fully saturated rings. The molecule has 0 aliphatic heterocycles. The second-order valence-corrected chi connectivity index (χ2v) is 5.25. The van der Waals surface area contributed by atoms with E-state index in [-0.39, 0.29) is 34.9 Å². The molecule has 1 unspecified atom stereocenters. The van der Waals surface area contributed by atoms with Crippen LogP contribution >= 0.6 is 11.6 Å². The molecule has 0 saturated heterocycles. The van der Waals surface area contributed by atoms with Gasteiger partial charge in [0, 0.05) is 6.04 Å². The lowest BCUT2D eigenvalue weighted by Crippen LogP contribution is -2.38. The van der Waals surface area contributed by atoms with Crippen molar-refractivity contribution in [2.24, 2.45) is 5.92 Å². The molecule has 0 bridgehead atoms. The first-order valence-electron chi connectivity index (χ1n) is 6.26. The van der Waals surface area contributed by atoms with Gasteiger partial charge in [-0.25, -0.2) is 4.79 Å². The Morgan fingerprint density at radius 3 is 2.50 bits per heavy atom. The Morgan fingerprint density at radius 1 is 1.35 bits per heavy atom. The van der Waals surface area contributed by atoms with Crippen LogP contribution in [0.5, 0.6) is 5.75 Å². The van der Waals surface area contributed by atoms with Gasteiger partial charge < -0.3 is 15.2 Å². The van der Waals surface area contributed by atoms with Crippen LogP contribution in [0.4, 0.5) is 0 Å². The van der Waals surface area contributed by atoms with Crippen LogP contribution in [-0.4, -0.2) is 29.6 Å². The maximum Gasteiger partial charge on any atom is 0.335 e. The fourth-order valence-corrected chi connectivity index (χ4v) is 1.59. The molecule has 1 aromatic carbocycles. The number of halogens is 1. The van der Waals surface area contributed by atoms with Crippen molar-refractivity contribution in [2.45, 2.75) is 26.8 Å². The number of amides is 1. The Kier molecular flexibility index (Phi) is 5.82. The SMILES string of the molecule is CC(C)C(C)NC(=O)COc1ccc(C(=O)O)cc1Cl. The van der Waals surface area contributed by atoms with Crippen molar-refractivity contribution in [2.75, 3.05) is 6.61 Å². The summed E-state index contributed by atoms with van der Waals surface area (Å²) in [4.78, 5) is 22.4. The highest BCUT2D eigenvalue weighted by molar-refractivity contribution is 6.32. The molecule has 1 atom stereocenters. The van der Waals surface area contributed by atoms with E-state index in [1.165, 1.54) is 18.2 Å². The fourth-order valence-electron chi connectivity index (χ4n) is 1.36. The third-order valence-electron chi connectivity index (χ3n) is 2.93. The predicted molar refractivity (Wildman–Crippen MR) is 76.3 cm³/mol. The van der Waals surface area contributed by atoms with Crippen LogP contribution in [0, 0.1) is 5.92 Å². The van der Waals surface area contributed by atoms with Crippen LogP contribution < -0.4 is 10.1 Å². The van der Waals surface area contributed by atoms with Gasteiger partial charge in [-0.3, -0.25) is 4.79 Å². The van der Waals surface area contributed by atoms with E-state index in [2.05, 4.69) is 5.32 Å². The minimum atomic E-state index is -1.07. The first kappa shape index (κ1) is 16.3. The number of carbonyl (C=O) groups is 2. The third kappa shape index (κ3) is 4.74. The van der Waals surface area contributed by atoms with Gasteiger partial charge in [0.2, 0.25) is 0 Å². The number of aromatic carboxylic acids is 1. The van der Waals surface area contributed by atoms with Gasteiger partial charge in [-0.15, -0.1) is 0 Å². The molecule has 5 nitrogen and oxygen atoms in total. The zero-order valence-corrected chi connectivity index (χ0v) is 12.4. The number of carboxylic acid groups (broad SMARTS) is 1. The second-order valence-electron chi connectivity index (χ2n) is 4.84. The molecule has 0 aromatic heterocycles. The van der Waals surface area contributed by atoms with E-state index in [1.54, 1.807) is 0 Å². The Labute approximate surface area is 122 Å². The number of rotatable bonds is 6. The molecular weight excluding hydrogens is 282 g/mol. The highest BCUT2D eigenvalue weighted by Gasteiger charge is 2.13. The van der Waals surface area contributed by atoms with Gasteiger partial charge in [-0.05, 0) is 31.0 Å². The molecule has 110 valence electrons. The first-order chi connectivity index (χ1) is 9.31. The average molecular weight is 300 g/mol. The van der Waals surface area contributed by atoms with Gasteiger partial charge in [0.05, 0.1) is 10.6 Å². The molecule has 0 heterocycles. The Hall–Kier alpha value is -1.75. The molecule has 0 radical (unpaired) electrons. The number of hydrogen-bond acceptors (Lipinski definition) is 3. The predicted octanol–water partition coefficient (Wildman–Crippen LogP) is 2.58. The van der Waals surface area contributed by atoms with Crippen molar-refractivity contribution in [3.05, 3.63) is 28.8 Å². The summed E-state index contributed by atoms with van der Waals surface area (Å²) in [6.07, 6.45) is 0. The standard InChI is InChI=1S/C14H18ClNO4/c1-8(2)9(3)16-13(17)7-20-12-5-4-10(14(18)19)6-11(12)15/h4-6,8-9H,7H2,1-3H3,(H,16,17)(H,18,19). The third-order valence-corrected chi connectivity index (χ3v) is 3.22. The summed E-state index contributed by atoms with van der Waals surface area (Å²) in [5.74, 6) is -0.701. The van der Waals surface area contributed by atoms with Crippen molar-refractivity contribution in [3.8, 4) is 5.75 Å². The van der Waals surface area contributed by atoms with Crippen LogP contribution in [0.2, 0.25) is 5.02 Å². The van der Waals surface area contributed by atoms with E-state index in [0.29, 0.717) is 5.92 Å². The highest BCUT2D eigenvalue weighted by atomic mass is 35.5. The lowest BCUT2D eigenvalue weighted by Gasteiger charge is -2.17. The van der Waals surface area contributed by atoms with Crippen LogP contribution in [0.3, 0.4) is 0 Å². The first-order valence-corrected chi connectivity index (χ1v) is 6.64. The van der Waals surface area contributed by atoms with Crippen molar-refractivity contribution in [3.63, 3.8) is 0 Å². The molecule has 0 aliphatic rings. The molecular formula is C14H18ClNO4. The molecule has 1 aromatic rings. The van der Waals surface area contributed by atoms with Gasteiger partial charge >= 0.3 is 5.97 Å². The van der Waals surface area contributed by atoms with Crippen LogP contribution in [-0.2, 0) is 4.79 Å². The molecule has 1 amide bonds. The fraction of sp³-hybridized carbons (Fsp3) is 0.429. The number of nitrogens with one attached hydrogen (secondary N) is 1. The Bertz CT molecular complexity index is 502. The van der Waals surface area contributed by atoms with Crippen molar-refractivity contribution < 1.29 is 19.4 Å². The highest BCUT2D eigenvalue weighted by Crippen LogP contribution is 2.25. The van der Waals surface area contributed by atoms with Gasteiger partial charge in [0.25, 0.3) is 5.91 Å². The summed E-state index contributed by atoms with van der Waals surface area (Å²) < 4.78 is 5.28. The molecule has 0 aliphatic carbocycles. The molecule has 1 rings (SSSR count). The van der Waals surface area contributed by atoms with Crippen molar-refractivity contribution >= 4 is 23.5 Å². The average Bonchev–Trinajstić information content (AvgIpc) is 2.36. The van der Waals surface area contributed by atoms with Gasteiger partial charge in [0.1, 0.15) is 5.75 Å². The van der Waals surface area contributed by atoms with E-state index in [4.69, 9.17) is 21.4 Å². The summed E-state index contributed by atoms with van der Waals surface area (Å²) in [5.41, 5.74) is 0.0697. The zero-order chi connectivity index (χ0) is 15.3. The van der Waals surface area contributed by atoms with E-state index < -0.39 is 5.97 Å². The smallest absolute Gasteiger partial charge is 0.335 e. The quantitative estimate of drug-likeness (QED) is 0.846. The van der Waals surface area contributed by atoms with Gasteiger partial charge in [0.15, 0.2) is 6.61 Å². The monoisotopic (exact) mass is 299 g/mol. The summed E-state index contributed by atoms with van der Waals surface area (Å²) in [7, 11) is 0. The topological polar surface area (TPSA) is 75.6 Å². The number of hydrogen-bond donors (Lipinski definition) is 2. The maximum atomic E-state index is 11.6. The van der Waals surface area contributed by atoms with Crippen molar-refractivity contribution in [1.29, 1.82) is 0 Å². The number of carbonyl (C=O) groups excluding carboxylic acids is 1. The molecule has 20 heavy (non-hydrogen) atoms. The van der Waals surface area contributed by atoms with E-state index >= 15 is 0 Å². The normalized spacial score (nSPS) is 12.1. The summed E-state index contributed by atoms with van der Waals surface area (Å²) in [6, 6.07) is 4.15. The van der Waals surface area contributed by atoms with Gasteiger partial charge in [-0.1, -0.05) is 25.4 Å². The van der Waals surface area contributed by atoms with Gasteiger partial charge in [-0.2, -0.15) is 0 Å². The maximum absolute atomic E-state index is 11.6. The van der Waals surface area contributed by atoms with Crippen LogP contribution in [0.25, 0.3) is 0 Å². The molecule has 0 spiro atoms. The minimum Gasteiger partial charge on any atom is -0.482 e. The summed E-state index contributed by atoms with van der Waals surface area (Å²) in [6.45, 7) is 5.76. The molecule has 0 saturated carbocycles. The second kappa shape index (κ2) is 7.14. The lowest BCUT2D eigenvalue weighted by molar-refractivity contribution is -0.124. The molecule has 2 N–H and O–H groups in total. The Balaban J connectivity index is 2.58. The largest absolute Gasteiger partial charge is 0.482 e. The summed E-state index contributed by atoms with van der Waals surface area (Å²) in [5, 5.41) is 11.8. The van der Waals surface area contributed by atoms with Crippen LogP contribution in [0.1, 0.15) is 31.1 Å². The zero-order valence-electron chi connectivity index (χ0n) is 11.6. The lowest BCUT2D eigenvalue weighted by atomic mass is 10.1. The molecule has 6 heteroatoms.